The van der Waals surface area contributed by atoms with E-state index in [0.717, 1.165) is 42.5 Å². The fourth-order valence-electron chi connectivity index (χ4n) is 7.34. The minimum absolute atomic E-state index is 0.0450. The minimum Gasteiger partial charge on any atom is -0.451 e. The molecule has 4 heterocycles. The van der Waals surface area contributed by atoms with E-state index >= 15 is 4.39 Å². The fraction of sp³-hybridized carbons (Fsp3) is 0.419. The Morgan fingerprint density at radius 2 is 1.93 bits per heavy atom. The van der Waals surface area contributed by atoms with Gasteiger partial charge in [0.1, 0.15) is 11.5 Å². The van der Waals surface area contributed by atoms with Crippen LogP contribution in [0.4, 0.5) is 10.1 Å². The molecule has 1 spiro atoms. The summed E-state index contributed by atoms with van der Waals surface area (Å²) in [5, 5.41) is 4.97. The van der Waals surface area contributed by atoms with E-state index in [1.807, 2.05) is 46.2 Å². The van der Waals surface area contributed by atoms with Crippen molar-refractivity contribution >= 4 is 28.2 Å². The molecule has 40 heavy (non-hydrogen) atoms. The first-order chi connectivity index (χ1) is 19.5. The molecule has 2 unspecified atom stereocenters. The molecule has 8 rings (SSSR count). The first-order valence-corrected chi connectivity index (χ1v) is 14.4. The molecule has 206 valence electrons. The number of carbonyl (C=O) groups excluding carboxylic acids is 2. The lowest BCUT2D eigenvalue weighted by Crippen LogP contribution is -2.47. The van der Waals surface area contributed by atoms with Gasteiger partial charge in [0, 0.05) is 44.3 Å². The number of nitrogens with zero attached hydrogens (tertiary/aromatic N) is 3. The molecule has 1 amide bonds. The van der Waals surface area contributed by atoms with Gasteiger partial charge in [0.05, 0.1) is 22.4 Å². The number of ether oxygens (including phenoxy) is 1. The Kier molecular flexibility index (Phi) is 5.22. The summed E-state index contributed by atoms with van der Waals surface area (Å²) in [6, 6.07) is 11.9. The van der Waals surface area contributed by atoms with Crippen LogP contribution in [0.2, 0.25) is 0 Å². The third-order valence-corrected chi connectivity index (χ3v) is 9.49. The summed E-state index contributed by atoms with van der Waals surface area (Å²) in [6.07, 6.45) is 5.08. The lowest BCUT2D eigenvalue weighted by molar-refractivity contribution is -0.125. The van der Waals surface area contributed by atoms with Gasteiger partial charge >= 0.3 is 0 Å². The quantitative estimate of drug-likeness (QED) is 0.562. The predicted molar refractivity (Wildman–Crippen MR) is 149 cm³/mol. The van der Waals surface area contributed by atoms with Gasteiger partial charge in [-0.05, 0) is 61.7 Å². The summed E-state index contributed by atoms with van der Waals surface area (Å²) in [7, 11) is 0. The topological polar surface area (TPSA) is 91.1 Å². The van der Waals surface area contributed by atoms with Crippen LogP contribution in [0.25, 0.3) is 10.8 Å². The molecule has 9 heteroatoms. The van der Waals surface area contributed by atoms with E-state index in [2.05, 4.69) is 10.2 Å². The fourth-order valence-corrected chi connectivity index (χ4v) is 7.34. The molecule has 6 aliphatic rings. The number of nitrogens with one attached hydrogen (secondary N) is 1. The zero-order valence-electron chi connectivity index (χ0n) is 22.3. The highest BCUT2D eigenvalue weighted by Crippen LogP contribution is 2.70. The molecule has 4 aliphatic heterocycles. The van der Waals surface area contributed by atoms with Gasteiger partial charge in [-0.15, -0.1) is 0 Å². The van der Waals surface area contributed by atoms with Gasteiger partial charge in [-0.3, -0.25) is 9.59 Å². The van der Waals surface area contributed by atoms with Crippen LogP contribution in [0.3, 0.4) is 0 Å². The van der Waals surface area contributed by atoms with Crippen molar-refractivity contribution in [3.63, 3.8) is 0 Å². The van der Waals surface area contributed by atoms with Crippen LogP contribution >= 0.6 is 0 Å². The molecule has 3 atom stereocenters. The number of hydrogen-bond acceptors (Lipinski definition) is 7. The number of carbonyl (C=O) groups is 2. The number of fused-ring (bicyclic) bond motifs is 3. The Balaban J connectivity index is 1.24. The van der Waals surface area contributed by atoms with Crippen LogP contribution < -0.4 is 20.7 Å². The third kappa shape index (κ3) is 3.37. The Morgan fingerprint density at radius 1 is 1.15 bits per heavy atom. The van der Waals surface area contributed by atoms with Gasteiger partial charge in [0.25, 0.3) is 5.91 Å². The second-order valence-electron chi connectivity index (χ2n) is 11.9. The van der Waals surface area contributed by atoms with Crippen LogP contribution in [-0.2, 0) is 9.59 Å². The summed E-state index contributed by atoms with van der Waals surface area (Å²) in [6.45, 7) is 4.44. The van der Waals surface area contributed by atoms with Crippen molar-refractivity contribution in [3.8, 4) is 5.75 Å². The molecule has 1 saturated carbocycles. The van der Waals surface area contributed by atoms with Gasteiger partial charge in [-0.2, -0.15) is 0 Å². The Morgan fingerprint density at radius 3 is 2.67 bits per heavy atom. The first-order valence-electron chi connectivity index (χ1n) is 14.4. The summed E-state index contributed by atoms with van der Waals surface area (Å²) >= 11 is 0. The van der Waals surface area contributed by atoms with Gasteiger partial charge in [-0.1, -0.05) is 24.3 Å². The Labute approximate surface area is 231 Å². The number of likely N-dealkylation sites (tertiary alicyclic amines) is 2. The van der Waals surface area contributed by atoms with Gasteiger partial charge in [-0.25, -0.2) is 4.39 Å². The van der Waals surface area contributed by atoms with E-state index in [-0.39, 0.29) is 23.2 Å². The largest absolute Gasteiger partial charge is 0.451 e. The molecule has 2 aromatic carbocycles. The third-order valence-electron chi connectivity index (χ3n) is 9.49. The van der Waals surface area contributed by atoms with Crippen molar-refractivity contribution < 1.29 is 18.7 Å². The van der Waals surface area contributed by atoms with Gasteiger partial charge < -0.3 is 30.5 Å². The van der Waals surface area contributed by atoms with Gasteiger partial charge in [0.2, 0.25) is 0 Å². The van der Waals surface area contributed by atoms with Crippen LogP contribution in [0.5, 0.6) is 5.75 Å². The SMILES string of the molecule is N[C@@H]1CCN(C2=C(F)C3CC34C(=O)C(C(=O)NCCN3CCCC3)=CN3C4=C2Oc2cc4ccccc4cc23)C1. The lowest BCUT2D eigenvalue weighted by Gasteiger charge is -2.43. The Hall–Kier alpha value is -3.69. The monoisotopic (exact) mass is 541 g/mol. The van der Waals surface area contributed by atoms with Crippen LogP contribution in [0, 0.1) is 11.3 Å². The molecule has 2 saturated heterocycles. The van der Waals surface area contributed by atoms with Crippen LogP contribution in [-0.4, -0.2) is 66.8 Å². The summed E-state index contributed by atoms with van der Waals surface area (Å²) in [5.74, 6) is -0.721. The molecule has 2 aliphatic carbocycles. The number of amides is 1. The molecular weight excluding hydrogens is 509 g/mol. The van der Waals surface area contributed by atoms with Crippen molar-refractivity contribution in [2.75, 3.05) is 44.2 Å². The number of anilines is 1. The maximum absolute atomic E-state index is 16.3. The molecule has 0 aromatic heterocycles. The number of rotatable bonds is 5. The summed E-state index contributed by atoms with van der Waals surface area (Å²) in [4.78, 5) is 33.8. The second kappa shape index (κ2) is 8.65. The van der Waals surface area contributed by atoms with Crippen molar-refractivity contribution in [2.24, 2.45) is 17.1 Å². The van der Waals surface area contributed by atoms with Crippen molar-refractivity contribution in [3.05, 3.63) is 71.2 Å². The van der Waals surface area contributed by atoms with E-state index in [9.17, 15) is 9.59 Å². The highest BCUT2D eigenvalue weighted by atomic mass is 19.1. The first kappa shape index (κ1) is 24.1. The van der Waals surface area contributed by atoms with E-state index in [1.165, 1.54) is 12.8 Å². The van der Waals surface area contributed by atoms with Crippen LogP contribution in [0.1, 0.15) is 25.7 Å². The average molecular weight is 542 g/mol. The van der Waals surface area contributed by atoms with Crippen LogP contribution in [0.15, 0.2) is 71.2 Å². The smallest absolute Gasteiger partial charge is 0.256 e. The second-order valence-corrected chi connectivity index (χ2v) is 11.9. The number of nitrogens with two attached hydrogens (primary N) is 1. The molecule has 0 bridgehead atoms. The van der Waals surface area contributed by atoms with E-state index in [0.29, 0.717) is 49.0 Å². The molecule has 2 aromatic rings. The number of halogens is 1. The number of ketones is 1. The minimum atomic E-state index is -1.13. The molecule has 8 nitrogen and oxygen atoms in total. The van der Waals surface area contributed by atoms with Crippen molar-refractivity contribution in [1.29, 1.82) is 0 Å². The molecular formula is C31H32FN5O3. The number of benzene rings is 2. The maximum atomic E-state index is 16.3. The standard InChI is InChI=1S/C31H32FN5O3/c32-25-22-15-31(22)28-27(26(25)36-11-7-20(33)16-36)40-24-14-19-6-2-1-5-18(19)13-23(24)37(28)17-21(29(31)38)30(39)34-8-12-35-9-3-4-10-35/h1-2,5-6,13-14,17,20,22H,3-4,7-12,15-16,33H2,(H,34,39)/t20-,22?,31?/m1/s1. The Bertz CT molecular complexity index is 1570. The van der Waals surface area contributed by atoms with Crippen molar-refractivity contribution in [2.45, 2.75) is 31.7 Å². The molecule has 3 N–H and O–H groups in total. The highest BCUT2D eigenvalue weighted by Gasteiger charge is 2.72. The van der Waals surface area contributed by atoms with Crippen molar-refractivity contribution in [1.82, 2.24) is 15.1 Å². The summed E-state index contributed by atoms with van der Waals surface area (Å²) in [5.41, 5.74) is 6.95. The average Bonchev–Trinajstić information content (AvgIpc) is 3.23. The summed E-state index contributed by atoms with van der Waals surface area (Å²) < 4.78 is 22.8. The molecule has 3 fully saturated rings. The zero-order valence-corrected chi connectivity index (χ0v) is 22.3. The predicted octanol–water partition coefficient (Wildman–Crippen LogP) is 3.16. The van der Waals surface area contributed by atoms with E-state index in [1.54, 1.807) is 6.20 Å². The number of allylic oxidation sites excluding steroid dienone is 2. The number of hydrogen-bond donors (Lipinski definition) is 2. The van der Waals surface area contributed by atoms with E-state index < -0.39 is 17.2 Å². The maximum Gasteiger partial charge on any atom is 0.256 e. The normalized spacial score (nSPS) is 28.9. The highest BCUT2D eigenvalue weighted by molar-refractivity contribution is 6.25. The van der Waals surface area contributed by atoms with Gasteiger partial charge in [0.15, 0.2) is 17.3 Å². The number of Topliss-reactive ketones (excluding diaryl/α,β-unsaturated/α-hetero) is 1. The zero-order chi connectivity index (χ0) is 27.2. The molecule has 0 radical (unpaired) electrons. The van der Waals surface area contributed by atoms with E-state index in [4.69, 9.17) is 10.5 Å². The lowest BCUT2D eigenvalue weighted by atomic mass is 9.80.